The molecule has 4 nitrogen and oxygen atoms in total. The molecule has 5 heteroatoms. The molecular weight excluding hydrogens is 212 g/mol. The van der Waals surface area contributed by atoms with Gasteiger partial charge in [0, 0.05) is 18.4 Å². The number of nitrogens with one attached hydrogen (secondary N) is 1. The van der Waals surface area contributed by atoms with Gasteiger partial charge in [0.05, 0.1) is 6.04 Å². The molecule has 2 atom stereocenters. The second-order valence-corrected chi connectivity index (χ2v) is 5.30. The summed E-state index contributed by atoms with van der Waals surface area (Å²) in [6, 6.07) is 0.284. The van der Waals surface area contributed by atoms with Gasteiger partial charge in [-0.15, -0.1) is 0 Å². The number of carbonyl (C=O) groups excluding carboxylic acids is 1. The molecule has 0 heterocycles. The molecule has 0 aliphatic heterocycles. The predicted molar refractivity (Wildman–Crippen MR) is 62.7 cm³/mol. The lowest BCUT2D eigenvalue weighted by atomic mass is 10.2. The molecule has 1 fully saturated rings. The summed E-state index contributed by atoms with van der Waals surface area (Å²) in [4.78, 5) is 11.1. The van der Waals surface area contributed by atoms with Crippen LogP contribution in [0.3, 0.4) is 0 Å². The second kappa shape index (κ2) is 6.35. The number of rotatable bonds is 8. The summed E-state index contributed by atoms with van der Waals surface area (Å²) in [5, 5.41) is 12.1. The van der Waals surface area contributed by atoms with Crippen LogP contribution in [0.4, 0.5) is 0 Å². The summed E-state index contributed by atoms with van der Waals surface area (Å²) >= 11 is 1.67. The maximum Gasteiger partial charge on any atom is 0.235 e. The number of aliphatic hydroxyl groups excluding tert-OH is 1. The molecule has 88 valence electrons. The average Bonchev–Trinajstić information content (AvgIpc) is 2.99. The van der Waals surface area contributed by atoms with Crippen LogP contribution in [0.2, 0.25) is 0 Å². The molecule has 0 aromatic carbocycles. The highest BCUT2D eigenvalue weighted by atomic mass is 32.2. The predicted octanol–water partition coefficient (Wildman–Crippen LogP) is -0.0461. The first-order valence-electron chi connectivity index (χ1n) is 5.37. The van der Waals surface area contributed by atoms with Crippen molar-refractivity contribution in [3.05, 3.63) is 0 Å². The largest absolute Gasteiger partial charge is 0.396 e. The van der Waals surface area contributed by atoms with E-state index in [2.05, 4.69) is 5.32 Å². The van der Waals surface area contributed by atoms with Crippen molar-refractivity contribution >= 4 is 17.7 Å². The van der Waals surface area contributed by atoms with E-state index in [4.69, 9.17) is 10.8 Å². The van der Waals surface area contributed by atoms with Crippen LogP contribution in [0.1, 0.15) is 19.8 Å². The highest BCUT2D eigenvalue weighted by molar-refractivity contribution is 7.99. The van der Waals surface area contributed by atoms with Crippen LogP contribution < -0.4 is 11.1 Å². The van der Waals surface area contributed by atoms with Gasteiger partial charge in [0.15, 0.2) is 0 Å². The molecule has 1 saturated carbocycles. The number of primary amides is 1. The quantitative estimate of drug-likeness (QED) is 0.549. The third kappa shape index (κ3) is 5.39. The number of carbonyl (C=O) groups is 1. The Morgan fingerprint density at radius 3 is 2.73 bits per heavy atom. The Morgan fingerprint density at radius 1 is 1.60 bits per heavy atom. The van der Waals surface area contributed by atoms with E-state index in [1.54, 1.807) is 11.8 Å². The Morgan fingerprint density at radius 2 is 2.27 bits per heavy atom. The summed E-state index contributed by atoms with van der Waals surface area (Å²) in [6.07, 6.45) is 2.31. The lowest BCUT2D eigenvalue weighted by molar-refractivity contribution is -0.119. The summed E-state index contributed by atoms with van der Waals surface area (Å²) in [7, 11) is 0. The van der Waals surface area contributed by atoms with Gasteiger partial charge in [-0.1, -0.05) is 6.92 Å². The minimum absolute atomic E-state index is 0.199. The van der Waals surface area contributed by atoms with E-state index in [-0.39, 0.29) is 24.5 Å². The molecule has 1 aliphatic rings. The molecular formula is C10H20N2O2S. The first-order chi connectivity index (χ1) is 7.13. The molecule has 0 radical (unpaired) electrons. The molecule has 4 N–H and O–H groups in total. The van der Waals surface area contributed by atoms with Crippen molar-refractivity contribution in [1.29, 1.82) is 0 Å². The lowest BCUT2D eigenvalue weighted by Crippen LogP contribution is -2.44. The first kappa shape index (κ1) is 12.8. The van der Waals surface area contributed by atoms with E-state index in [0.29, 0.717) is 11.8 Å². The topological polar surface area (TPSA) is 75.3 Å². The SMILES string of the molecule is CC(CO)CSCC(NC1CC1)C(N)=O. The smallest absolute Gasteiger partial charge is 0.235 e. The molecule has 2 unspecified atom stereocenters. The van der Waals surface area contributed by atoms with Crippen LogP contribution in [0.5, 0.6) is 0 Å². The van der Waals surface area contributed by atoms with Gasteiger partial charge in [0.2, 0.25) is 5.91 Å². The van der Waals surface area contributed by atoms with Gasteiger partial charge < -0.3 is 16.2 Å². The van der Waals surface area contributed by atoms with Crippen molar-refractivity contribution < 1.29 is 9.90 Å². The molecule has 0 saturated heterocycles. The maximum atomic E-state index is 11.1. The van der Waals surface area contributed by atoms with E-state index < -0.39 is 0 Å². The second-order valence-electron chi connectivity index (χ2n) is 4.22. The van der Waals surface area contributed by atoms with E-state index >= 15 is 0 Å². The van der Waals surface area contributed by atoms with Gasteiger partial charge in [-0.25, -0.2) is 0 Å². The zero-order valence-electron chi connectivity index (χ0n) is 9.11. The minimum atomic E-state index is -0.272. The Kier molecular flexibility index (Phi) is 5.42. The van der Waals surface area contributed by atoms with Crippen molar-refractivity contribution in [2.24, 2.45) is 11.7 Å². The third-order valence-corrected chi connectivity index (χ3v) is 3.73. The van der Waals surface area contributed by atoms with E-state index in [9.17, 15) is 4.79 Å². The molecule has 0 aromatic heterocycles. The van der Waals surface area contributed by atoms with E-state index in [0.717, 1.165) is 18.6 Å². The highest BCUT2D eigenvalue weighted by Crippen LogP contribution is 2.20. The van der Waals surface area contributed by atoms with Gasteiger partial charge in [-0.2, -0.15) is 11.8 Å². The van der Waals surface area contributed by atoms with Crippen LogP contribution in [-0.4, -0.2) is 41.2 Å². The first-order valence-corrected chi connectivity index (χ1v) is 6.53. The van der Waals surface area contributed by atoms with Crippen molar-refractivity contribution in [2.75, 3.05) is 18.1 Å². The molecule has 1 aliphatic carbocycles. The fourth-order valence-electron chi connectivity index (χ4n) is 1.19. The average molecular weight is 232 g/mol. The Labute approximate surface area is 95.0 Å². The fraction of sp³-hybridized carbons (Fsp3) is 0.900. The van der Waals surface area contributed by atoms with Crippen molar-refractivity contribution in [2.45, 2.75) is 31.8 Å². The Balaban J connectivity index is 2.15. The van der Waals surface area contributed by atoms with Crippen LogP contribution in [0.15, 0.2) is 0 Å². The lowest BCUT2D eigenvalue weighted by Gasteiger charge is -2.15. The summed E-state index contributed by atoms with van der Waals surface area (Å²) < 4.78 is 0. The monoisotopic (exact) mass is 232 g/mol. The van der Waals surface area contributed by atoms with Gasteiger partial charge in [-0.05, 0) is 24.5 Å². The Bertz CT molecular complexity index is 210. The third-order valence-electron chi connectivity index (χ3n) is 2.36. The summed E-state index contributed by atoms with van der Waals surface area (Å²) in [5.41, 5.74) is 5.30. The normalized spacial score (nSPS) is 19.9. The number of thioether (sulfide) groups is 1. The van der Waals surface area contributed by atoms with Crippen LogP contribution in [0, 0.1) is 5.92 Å². The summed E-state index contributed by atoms with van der Waals surface area (Å²) in [5.74, 6) is 1.58. The van der Waals surface area contributed by atoms with Gasteiger partial charge in [0.25, 0.3) is 0 Å². The van der Waals surface area contributed by atoms with Gasteiger partial charge in [-0.3, -0.25) is 4.79 Å². The highest BCUT2D eigenvalue weighted by Gasteiger charge is 2.27. The van der Waals surface area contributed by atoms with Crippen LogP contribution in [-0.2, 0) is 4.79 Å². The zero-order valence-corrected chi connectivity index (χ0v) is 9.93. The number of hydrogen-bond donors (Lipinski definition) is 3. The van der Waals surface area contributed by atoms with Crippen molar-refractivity contribution in [3.8, 4) is 0 Å². The number of amides is 1. The van der Waals surface area contributed by atoms with Crippen LogP contribution >= 0.6 is 11.8 Å². The molecule has 0 aromatic rings. The number of aliphatic hydroxyl groups is 1. The zero-order chi connectivity index (χ0) is 11.3. The van der Waals surface area contributed by atoms with Gasteiger partial charge in [0.1, 0.15) is 0 Å². The number of nitrogens with two attached hydrogens (primary N) is 1. The van der Waals surface area contributed by atoms with Crippen molar-refractivity contribution in [1.82, 2.24) is 5.32 Å². The standard InChI is InChI=1S/C10H20N2O2S/c1-7(4-13)5-15-6-9(10(11)14)12-8-2-3-8/h7-9,12-13H,2-6H2,1H3,(H2,11,14). The Hall–Kier alpha value is -0.260. The van der Waals surface area contributed by atoms with E-state index in [1.165, 1.54) is 0 Å². The summed E-state index contributed by atoms with van der Waals surface area (Å²) in [6.45, 7) is 2.19. The van der Waals surface area contributed by atoms with Crippen molar-refractivity contribution in [3.63, 3.8) is 0 Å². The van der Waals surface area contributed by atoms with E-state index in [1.807, 2.05) is 6.92 Å². The molecule has 0 bridgehead atoms. The minimum Gasteiger partial charge on any atom is -0.396 e. The maximum absolute atomic E-state index is 11.1. The molecule has 15 heavy (non-hydrogen) atoms. The number of hydrogen-bond acceptors (Lipinski definition) is 4. The van der Waals surface area contributed by atoms with Crippen LogP contribution in [0.25, 0.3) is 0 Å². The van der Waals surface area contributed by atoms with Gasteiger partial charge >= 0.3 is 0 Å². The molecule has 1 rings (SSSR count). The fourth-order valence-corrected chi connectivity index (χ4v) is 2.33. The molecule has 1 amide bonds. The molecule has 0 spiro atoms.